The summed E-state index contributed by atoms with van der Waals surface area (Å²) < 4.78 is 17.7. The van der Waals surface area contributed by atoms with Crippen LogP contribution in [0.4, 0.5) is 28.7 Å². The lowest BCUT2D eigenvalue weighted by Crippen LogP contribution is -2.37. The summed E-state index contributed by atoms with van der Waals surface area (Å²) in [6, 6.07) is 23.5. The molecule has 3 atom stereocenters. The topological polar surface area (TPSA) is 110 Å². The number of nitrogens with one attached hydrogen (secondary N) is 2. The molecule has 3 saturated heterocycles. The van der Waals surface area contributed by atoms with E-state index in [9.17, 15) is 4.79 Å². The number of methoxy groups -OCH3 is 1. The lowest BCUT2D eigenvalue weighted by Gasteiger charge is -2.31. The zero-order valence-electron chi connectivity index (χ0n) is 24.9. The number of fused-ring (bicyclic) bond motifs is 2. The van der Waals surface area contributed by atoms with E-state index in [2.05, 4.69) is 38.1 Å². The highest BCUT2D eigenvalue weighted by molar-refractivity contribution is 6.02. The molecule has 4 aromatic rings. The molecule has 0 aliphatic carbocycles. The van der Waals surface area contributed by atoms with E-state index in [1.165, 1.54) is 12.4 Å². The number of ether oxygens (including phenoxy) is 3. The van der Waals surface area contributed by atoms with Crippen molar-refractivity contribution in [1.82, 2.24) is 9.97 Å². The van der Waals surface area contributed by atoms with Crippen LogP contribution in [-0.4, -0.2) is 54.9 Å². The minimum atomic E-state index is -0.298. The van der Waals surface area contributed by atoms with Crippen molar-refractivity contribution in [1.29, 1.82) is 0 Å². The smallest absolute Gasteiger partial charge is 0.247 e. The van der Waals surface area contributed by atoms with E-state index in [0.717, 1.165) is 42.1 Å². The predicted molar refractivity (Wildman–Crippen MR) is 171 cm³/mol. The molecule has 45 heavy (non-hydrogen) atoms. The van der Waals surface area contributed by atoms with Crippen molar-refractivity contribution in [2.75, 3.05) is 47.5 Å². The lowest BCUT2D eigenvalue weighted by atomic mass is 10.0. The zero-order chi connectivity index (χ0) is 30.8. The van der Waals surface area contributed by atoms with Gasteiger partial charge in [0.1, 0.15) is 29.4 Å². The second-order valence-electron chi connectivity index (χ2n) is 11.1. The summed E-state index contributed by atoms with van der Waals surface area (Å²) in [5.41, 5.74) is 3.20. The highest BCUT2D eigenvalue weighted by atomic mass is 16.7. The van der Waals surface area contributed by atoms with E-state index in [4.69, 9.17) is 19.0 Å². The third-order valence-corrected chi connectivity index (χ3v) is 8.24. The number of hydrogen-bond acceptors (Lipinski definition) is 10. The Hall–Kier alpha value is -5.13. The molecule has 3 aliphatic rings. The minimum Gasteiger partial charge on any atom is -0.494 e. The molecule has 0 spiro atoms. The van der Waals surface area contributed by atoms with E-state index >= 15 is 0 Å². The molecule has 3 fully saturated rings. The van der Waals surface area contributed by atoms with Crippen LogP contribution < -0.4 is 30.1 Å². The number of rotatable bonds is 10. The maximum absolute atomic E-state index is 12.4. The fourth-order valence-corrected chi connectivity index (χ4v) is 6.13. The molecule has 2 bridgehead atoms. The number of carbonyl (C=O) groups is 1. The molecule has 7 rings (SSSR count). The first-order valence-corrected chi connectivity index (χ1v) is 15.0. The summed E-state index contributed by atoms with van der Waals surface area (Å²) in [6.07, 6.45) is 4.69. The van der Waals surface area contributed by atoms with Crippen LogP contribution in [-0.2, 0) is 14.4 Å². The number of morpholine rings is 1. The Morgan fingerprint density at radius 3 is 2.69 bits per heavy atom. The summed E-state index contributed by atoms with van der Waals surface area (Å²) in [6.45, 7) is 5.58. The van der Waals surface area contributed by atoms with Crippen molar-refractivity contribution in [2.24, 2.45) is 0 Å². The van der Waals surface area contributed by atoms with Crippen LogP contribution in [0.25, 0.3) is 0 Å². The van der Waals surface area contributed by atoms with Crippen molar-refractivity contribution < 1.29 is 23.8 Å². The number of aromatic nitrogens is 2. The maximum Gasteiger partial charge on any atom is 0.247 e. The van der Waals surface area contributed by atoms with Crippen LogP contribution >= 0.6 is 0 Å². The lowest BCUT2D eigenvalue weighted by molar-refractivity contribution is -0.111. The van der Waals surface area contributed by atoms with Gasteiger partial charge < -0.3 is 29.7 Å². The SMILES string of the molecule is C=CC(=O)Nc1cc(Nc2cc(N3OCC[C@@H]3c3cccc(Oc4ccccc4)c3)ncn2)c(OC)cc1N1C[C@@H]2C[C@H]1CO2. The van der Waals surface area contributed by atoms with Crippen LogP contribution in [0, 0.1) is 0 Å². The predicted octanol–water partition coefficient (Wildman–Crippen LogP) is 6.01. The number of hydroxylamine groups is 1. The van der Waals surface area contributed by atoms with Gasteiger partial charge in [0, 0.05) is 25.1 Å². The van der Waals surface area contributed by atoms with E-state index in [-0.39, 0.29) is 24.1 Å². The van der Waals surface area contributed by atoms with Gasteiger partial charge in [-0.25, -0.2) is 15.0 Å². The fourth-order valence-electron chi connectivity index (χ4n) is 6.13. The Bertz CT molecular complexity index is 1700. The molecule has 3 aromatic carbocycles. The summed E-state index contributed by atoms with van der Waals surface area (Å²) in [4.78, 5) is 29.7. The van der Waals surface area contributed by atoms with Crippen LogP contribution in [0.5, 0.6) is 17.2 Å². The molecular weight excluding hydrogens is 572 g/mol. The third-order valence-electron chi connectivity index (χ3n) is 8.24. The van der Waals surface area contributed by atoms with Gasteiger partial charge in [0.15, 0.2) is 5.82 Å². The maximum atomic E-state index is 12.4. The van der Waals surface area contributed by atoms with Crippen molar-refractivity contribution in [3.05, 3.63) is 97.3 Å². The number of hydrogen-bond donors (Lipinski definition) is 2. The largest absolute Gasteiger partial charge is 0.494 e. The molecule has 11 heteroatoms. The number of nitrogens with zero attached hydrogens (tertiary/aromatic N) is 4. The summed E-state index contributed by atoms with van der Waals surface area (Å²) in [7, 11) is 1.62. The average Bonchev–Trinajstić information content (AvgIpc) is 3.84. The molecule has 0 saturated carbocycles. The van der Waals surface area contributed by atoms with Crippen molar-refractivity contribution in [2.45, 2.75) is 31.0 Å². The second kappa shape index (κ2) is 12.5. The van der Waals surface area contributed by atoms with Gasteiger partial charge in [-0.3, -0.25) is 9.63 Å². The zero-order valence-corrected chi connectivity index (χ0v) is 24.9. The van der Waals surface area contributed by atoms with Crippen LogP contribution in [0.2, 0.25) is 0 Å². The first kappa shape index (κ1) is 28.6. The second-order valence-corrected chi connectivity index (χ2v) is 11.1. The Kier molecular flexibility index (Phi) is 7.93. The number of benzene rings is 3. The number of amides is 1. The molecule has 230 valence electrons. The van der Waals surface area contributed by atoms with Gasteiger partial charge in [-0.2, -0.15) is 0 Å². The van der Waals surface area contributed by atoms with E-state index in [1.807, 2.05) is 71.8 Å². The van der Waals surface area contributed by atoms with E-state index < -0.39 is 0 Å². The van der Waals surface area contributed by atoms with Gasteiger partial charge in [-0.05, 0) is 48.4 Å². The van der Waals surface area contributed by atoms with Gasteiger partial charge in [-0.1, -0.05) is 36.9 Å². The van der Waals surface area contributed by atoms with Crippen LogP contribution in [0.15, 0.2) is 91.8 Å². The standard InChI is InChI=1S/C34H34N6O5/c1-3-34(41)38-27-16-28(31(42-2)17-30(27)39-19-26-15-23(39)20-43-26)37-32-18-33(36-21-35-32)40-29(12-13-44-40)22-8-7-11-25(14-22)45-24-9-5-4-6-10-24/h3-11,14,16-18,21,23,26,29H,1,12-13,15,19-20H2,2H3,(H,38,41)(H,35,36,37)/t23-,26-,29+/m0/s1. The summed E-state index contributed by atoms with van der Waals surface area (Å²) >= 11 is 0. The molecule has 3 aliphatic heterocycles. The van der Waals surface area contributed by atoms with Gasteiger partial charge in [0.2, 0.25) is 5.91 Å². The van der Waals surface area contributed by atoms with Gasteiger partial charge in [0.25, 0.3) is 0 Å². The fraction of sp³-hybridized carbons (Fsp3) is 0.265. The Morgan fingerprint density at radius 1 is 1.04 bits per heavy atom. The quantitative estimate of drug-likeness (QED) is 0.208. The van der Waals surface area contributed by atoms with Crippen LogP contribution in [0.3, 0.4) is 0 Å². The molecule has 4 heterocycles. The van der Waals surface area contributed by atoms with Gasteiger partial charge in [0.05, 0.1) is 55.6 Å². The first-order valence-electron chi connectivity index (χ1n) is 15.0. The Labute approximate surface area is 261 Å². The molecule has 0 radical (unpaired) electrons. The highest BCUT2D eigenvalue weighted by Crippen LogP contribution is 2.43. The monoisotopic (exact) mass is 606 g/mol. The summed E-state index contributed by atoms with van der Waals surface area (Å²) in [5, 5.41) is 8.15. The highest BCUT2D eigenvalue weighted by Gasteiger charge is 2.40. The molecule has 2 N–H and O–H groups in total. The van der Waals surface area contributed by atoms with Crippen molar-refractivity contribution in [3.8, 4) is 17.2 Å². The molecule has 11 nitrogen and oxygen atoms in total. The molecule has 1 amide bonds. The average molecular weight is 607 g/mol. The summed E-state index contributed by atoms with van der Waals surface area (Å²) in [5.74, 6) is 2.98. The normalized spacial score (nSPS) is 20.2. The van der Waals surface area contributed by atoms with Gasteiger partial charge in [-0.15, -0.1) is 0 Å². The first-order chi connectivity index (χ1) is 22.1. The molecular formula is C34H34N6O5. The van der Waals surface area contributed by atoms with Crippen molar-refractivity contribution >= 4 is 34.6 Å². The van der Waals surface area contributed by atoms with Crippen LogP contribution in [0.1, 0.15) is 24.4 Å². The Morgan fingerprint density at radius 2 is 1.91 bits per heavy atom. The third kappa shape index (κ3) is 6.00. The molecule has 1 aromatic heterocycles. The number of carbonyl (C=O) groups excluding carboxylic acids is 1. The number of anilines is 5. The van der Waals surface area contributed by atoms with E-state index in [0.29, 0.717) is 42.0 Å². The van der Waals surface area contributed by atoms with E-state index in [1.54, 1.807) is 7.11 Å². The van der Waals surface area contributed by atoms with Crippen molar-refractivity contribution in [3.63, 3.8) is 0 Å². The molecule has 0 unspecified atom stereocenters. The number of para-hydroxylation sites is 1. The van der Waals surface area contributed by atoms with Gasteiger partial charge >= 0.3 is 0 Å². The Balaban J connectivity index is 1.14. The minimum absolute atomic E-state index is 0.0682.